The number of nitriles is 1. The maximum Gasteiger partial charge on any atom is 0.262 e. The van der Waals surface area contributed by atoms with Crippen molar-refractivity contribution in [3.8, 4) is 6.19 Å². The van der Waals surface area contributed by atoms with Crippen molar-refractivity contribution in [3.05, 3.63) is 12.2 Å². The molecular weight excluding hydrogens is 140 g/mol. The van der Waals surface area contributed by atoms with E-state index in [1.54, 1.807) is 13.1 Å². The Morgan fingerprint density at radius 3 is 2.45 bits per heavy atom. The molecule has 0 heterocycles. The zero-order valence-electron chi connectivity index (χ0n) is 6.92. The molecule has 0 unspecified atom stereocenters. The third-order valence-electron chi connectivity index (χ3n) is 1.41. The molecule has 0 atom stereocenters. The normalized spacial score (nSPS) is 8.45. The molecule has 0 aliphatic heterocycles. The summed E-state index contributed by atoms with van der Waals surface area (Å²) < 4.78 is 0. The molecule has 0 bridgehead atoms. The first-order valence-corrected chi connectivity index (χ1v) is 3.56. The van der Waals surface area contributed by atoms with Crippen LogP contribution in [-0.2, 0) is 4.79 Å². The first kappa shape index (κ1) is 9.70. The summed E-state index contributed by atoms with van der Waals surface area (Å²) in [4.78, 5) is 12.2. The molecule has 0 aliphatic rings. The second kappa shape index (κ2) is 4.51. The van der Waals surface area contributed by atoms with Gasteiger partial charge >= 0.3 is 0 Å². The van der Waals surface area contributed by atoms with E-state index in [0.29, 0.717) is 18.5 Å². The summed E-state index contributed by atoms with van der Waals surface area (Å²) in [5.41, 5.74) is 0.480. The highest BCUT2D eigenvalue weighted by molar-refractivity contribution is 5.93. The van der Waals surface area contributed by atoms with Gasteiger partial charge in [0.25, 0.3) is 5.91 Å². The van der Waals surface area contributed by atoms with Gasteiger partial charge in [-0.15, -0.1) is 0 Å². The molecule has 0 saturated carbocycles. The minimum absolute atomic E-state index is 0.266. The molecule has 0 rings (SSSR count). The Morgan fingerprint density at radius 1 is 1.64 bits per heavy atom. The van der Waals surface area contributed by atoms with Gasteiger partial charge in [0.2, 0.25) is 0 Å². The van der Waals surface area contributed by atoms with Gasteiger partial charge in [-0.25, -0.2) is 4.90 Å². The number of likely N-dealkylation sites (N-methyl/N-ethyl adjacent to an activating group) is 1. The summed E-state index contributed by atoms with van der Waals surface area (Å²) in [6, 6.07) is 0. The molecule has 0 aromatic heterocycles. The van der Waals surface area contributed by atoms with Crippen molar-refractivity contribution >= 4 is 5.91 Å². The van der Waals surface area contributed by atoms with Crippen LogP contribution < -0.4 is 0 Å². The number of carbonyl (C=O) groups is 1. The molecule has 0 aliphatic carbocycles. The number of amides is 1. The molecule has 0 aromatic carbocycles. The maximum absolute atomic E-state index is 11.1. The van der Waals surface area contributed by atoms with Crippen LogP contribution in [0.5, 0.6) is 0 Å². The largest absolute Gasteiger partial charge is 0.268 e. The van der Waals surface area contributed by atoms with Gasteiger partial charge in [-0.3, -0.25) is 4.79 Å². The molecule has 0 saturated heterocycles. The summed E-state index contributed by atoms with van der Waals surface area (Å²) in [5, 5.41) is 8.45. The van der Waals surface area contributed by atoms with Gasteiger partial charge in [-0.1, -0.05) is 13.5 Å². The lowest BCUT2D eigenvalue weighted by molar-refractivity contribution is -0.124. The van der Waals surface area contributed by atoms with Crippen LogP contribution in [0.2, 0.25) is 0 Å². The number of rotatable bonds is 3. The number of hydrogen-bond acceptors (Lipinski definition) is 2. The fourth-order valence-electron chi connectivity index (χ4n) is 0.602. The van der Waals surface area contributed by atoms with Gasteiger partial charge in [-0.2, -0.15) is 5.26 Å². The summed E-state index contributed by atoms with van der Waals surface area (Å²) in [5.74, 6) is -0.266. The molecule has 60 valence electrons. The van der Waals surface area contributed by atoms with Crippen LogP contribution in [0, 0.1) is 11.5 Å². The molecule has 0 N–H and O–H groups in total. The second-order valence-corrected chi connectivity index (χ2v) is 2.11. The van der Waals surface area contributed by atoms with Crippen molar-refractivity contribution in [3.63, 3.8) is 0 Å². The van der Waals surface area contributed by atoms with Crippen molar-refractivity contribution in [1.29, 1.82) is 5.26 Å². The predicted molar refractivity (Wildman–Crippen MR) is 42.4 cm³/mol. The van der Waals surface area contributed by atoms with E-state index in [1.165, 1.54) is 0 Å². The number of hydrogen-bond donors (Lipinski definition) is 0. The van der Waals surface area contributed by atoms with Gasteiger partial charge in [0.1, 0.15) is 0 Å². The fraction of sp³-hybridized carbons (Fsp3) is 0.500. The predicted octanol–water partition coefficient (Wildman–Crippen LogP) is 1.28. The molecule has 1 amide bonds. The van der Waals surface area contributed by atoms with Crippen LogP contribution >= 0.6 is 0 Å². The lowest BCUT2D eigenvalue weighted by Gasteiger charge is -2.10. The molecule has 0 aromatic rings. The topological polar surface area (TPSA) is 44.1 Å². The Labute approximate surface area is 66.9 Å². The van der Waals surface area contributed by atoms with E-state index in [4.69, 9.17) is 5.26 Å². The van der Waals surface area contributed by atoms with Crippen LogP contribution in [0.3, 0.4) is 0 Å². The Bertz CT molecular complexity index is 203. The highest BCUT2D eigenvalue weighted by Gasteiger charge is 2.11. The quantitative estimate of drug-likeness (QED) is 0.347. The SMILES string of the molecule is C=C(CC)C(=O)N(C#N)CC. The minimum atomic E-state index is -0.266. The van der Waals surface area contributed by atoms with Gasteiger partial charge in [0.05, 0.1) is 0 Å². The minimum Gasteiger partial charge on any atom is -0.268 e. The second-order valence-electron chi connectivity index (χ2n) is 2.11. The van der Waals surface area contributed by atoms with Crippen molar-refractivity contribution in [2.24, 2.45) is 0 Å². The molecule has 3 heteroatoms. The maximum atomic E-state index is 11.1. The lowest BCUT2D eigenvalue weighted by atomic mass is 10.2. The van der Waals surface area contributed by atoms with E-state index in [0.717, 1.165) is 4.90 Å². The van der Waals surface area contributed by atoms with E-state index >= 15 is 0 Å². The first-order valence-electron chi connectivity index (χ1n) is 3.56. The lowest BCUT2D eigenvalue weighted by Crippen LogP contribution is -2.26. The van der Waals surface area contributed by atoms with E-state index in [1.807, 2.05) is 6.92 Å². The standard InChI is InChI=1S/C8H12N2O/c1-4-7(3)8(11)10(5-2)6-9/h3-5H2,1-2H3. The summed E-state index contributed by atoms with van der Waals surface area (Å²) in [6.07, 6.45) is 2.38. The Hall–Kier alpha value is -1.30. The van der Waals surface area contributed by atoms with E-state index in [-0.39, 0.29) is 5.91 Å². The van der Waals surface area contributed by atoms with Crippen LogP contribution in [0.25, 0.3) is 0 Å². The first-order chi connectivity index (χ1) is 5.17. The van der Waals surface area contributed by atoms with E-state index in [9.17, 15) is 4.79 Å². The van der Waals surface area contributed by atoms with Crippen molar-refractivity contribution < 1.29 is 4.79 Å². The van der Waals surface area contributed by atoms with Gasteiger partial charge < -0.3 is 0 Å². The van der Waals surface area contributed by atoms with Crippen LogP contribution in [0.1, 0.15) is 20.3 Å². The van der Waals surface area contributed by atoms with Crippen molar-refractivity contribution in [1.82, 2.24) is 4.90 Å². The average Bonchev–Trinajstić information content (AvgIpc) is 2.05. The molecular formula is C8H12N2O. The van der Waals surface area contributed by atoms with Crippen LogP contribution in [-0.4, -0.2) is 17.4 Å². The third-order valence-corrected chi connectivity index (χ3v) is 1.41. The highest BCUT2D eigenvalue weighted by atomic mass is 16.2. The monoisotopic (exact) mass is 152 g/mol. The third kappa shape index (κ3) is 2.42. The summed E-state index contributed by atoms with van der Waals surface area (Å²) >= 11 is 0. The van der Waals surface area contributed by atoms with Gasteiger partial charge in [-0.05, 0) is 13.3 Å². The smallest absolute Gasteiger partial charge is 0.262 e. The molecule has 0 spiro atoms. The fourth-order valence-corrected chi connectivity index (χ4v) is 0.602. The van der Waals surface area contributed by atoms with Crippen LogP contribution in [0.15, 0.2) is 12.2 Å². The highest BCUT2D eigenvalue weighted by Crippen LogP contribution is 2.01. The summed E-state index contributed by atoms with van der Waals surface area (Å²) in [6.45, 7) is 7.55. The zero-order valence-corrected chi connectivity index (χ0v) is 6.92. The van der Waals surface area contributed by atoms with Crippen molar-refractivity contribution in [2.75, 3.05) is 6.54 Å². The Kier molecular flexibility index (Phi) is 3.97. The van der Waals surface area contributed by atoms with Crippen LogP contribution in [0.4, 0.5) is 0 Å². The molecule has 0 radical (unpaired) electrons. The van der Waals surface area contributed by atoms with Gasteiger partial charge in [0, 0.05) is 12.1 Å². The molecule has 0 fully saturated rings. The van der Waals surface area contributed by atoms with Crippen molar-refractivity contribution in [2.45, 2.75) is 20.3 Å². The average molecular weight is 152 g/mol. The number of carbonyl (C=O) groups excluding carboxylic acids is 1. The summed E-state index contributed by atoms with van der Waals surface area (Å²) in [7, 11) is 0. The van der Waals surface area contributed by atoms with Gasteiger partial charge in [0.15, 0.2) is 6.19 Å². The van der Waals surface area contributed by atoms with E-state index < -0.39 is 0 Å². The Balaban J connectivity index is 4.24. The Morgan fingerprint density at radius 2 is 2.18 bits per heavy atom. The van der Waals surface area contributed by atoms with E-state index in [2.05, 4.69) is 6.58 Å². The molecule has 3 nitrogen and oxygen atoms in total. The number of nitrogens with zero attached hydrogens (tertiary/aromatic N) is 2. The molecule has 11 heavy (non-hydrogen) atoms. The zero-order chi connectivity index (χ0) is 8.85.